The number of benzene rings is 1. The highest BCUT2D eigenvalue weighted by Gasteiger charge is 2.18. The van der Waals surface area contributed by atoms with Gasteiger partial charge in [0.2, 0.25) is 11.8 Å². The van der Waals surface area contributed by atoms with E-state index in [1.54, 1.807) is 44.2 Å². The molecule has 1 unspecified atom stereocenters. The Balaban J connectivity index is 1.42. The maximum atomic E-state index is 12.5. The van der Waals surface area contributed by atoms with Gasteiger partial charge < -0.3 is 20.1 Å². The summed E-state index contributed by atoms with van der Waals surface area (Å²) in [5.41, 5.74) is 1.14. The van der Waals surface area contributed by atoms with Gasteiger partial charge in [0.15, 0.2) is 11.5 Å². The summed E-state index contributed by atoms with van der Waals surface area (Å²) in [6.07, 6.45) is 2.72. The number of hydrogen-bond acceptors (Lipinski definition) is 8. The number of rotatable bonds is 7. The SMILES string of the molecule is Cc1cc(NC(=O)C(C)SCC(=O)Nc2ccccc2-n2ncc3c(=O)[nH]cnc32)no1. The second kappa shape index (κ2) is 9.06. The number of aryl methyl sites for hydroxylation is 1. The largest absolute Gasteiger partial charge is 0.360 e. The van der Waals surface area contributed by atoms with Gasteiger partial charge in [0.25, 0.3) is 5.56 Å². The Morgan fingerprint density at radius 2 is 2.09 bits per heavy atom. The van der Waals surface area contributed by atoms with Crippen molar-refractivity contribution in [2.45, 2.75) is 19.1 Å². The van der Waals surface area contributed by atoms with Crippen molar-refractivity contribution in [3.05, 3.63) is 59.0 Å². The van der Waals surface area contributed by atoms with E-state index in [1.165, 1.54) is 29.0 Å². The first-order chi connectivity index (χ1) is 15.4. The summed E-state index contributed by atoms with van der Waals surface area (Å²) < 4.78 is 6.41. The monoisotopic (exact) mass is 453 g/mol. The van der Waals surface area contributed by atoms with E-state index in [9.17, 15) is 14.4 Å². The second-order valence-corrected chi connectivity index (χ2v) is 8.19. The van der Waals surface area contributed by atoms with Gasteiger partial charge >= 0.3 is 0 Å². The van der Waals surface area contributed by atoms with E-state index < -0.39 is 5.25 Å². The lowest BCUT2D eigenvalue weighted by atomic mass is 10.2. The number of thioether (sulfide) groups is 1. The van der Waals surface area contributed by atoms with E-state index in [0.29, 0.717) is 34.0 Å². The van der Waals surface area contributed by atoms with Crippen LogP contribution in [0.25, 0.3) is 16.7 Å². The molecule has 0 spiro atoms. The number of para-hydroxylation sites is 2. The normalized spacial score (nSPS) is 11.9. The lowest BCUT2D eigenvalue weighted by molar-refractivity contribution is -0.115. The summed E-state index contributed by atoms with van der Waals surface area (Å²) in [7, 11) is 0. The molecule has 3 N–H and O–H groups in total. The van der Waals surface area contributed by atoms with Gasteiger partial charge in [-0.25, -0.2) is 9.67 Å². The molecule has 12 heteroatoms. The molecular formula is C20H19N7O4S. The van der Waals surface area contributed by atoms with Crippen LogP contribution >= 0.6 is 11.8 Å². The molecule has 11 nitrogen and oxygen atoms in total. The fourth-order valence-electron chi connectivity index (χ4n) is 2.91. The van der Waals surface area contributed by atoms with Crippen LogP contribution < -0.4 is 16.2 Å². The summed E-state index contributed by atoms with van der Waals surface area (Å²) in [4.78, 5) is 43.4. The van der Waals surface area contributed by atoms with Crippen LogP contribution in [0.15, 0.2) is 52.2 Å². The van der Waals surface area contributed by atoms with Gasteiger partial charge in [-0.3, -0.25) is 14.4 Å². The van der Waals surface area contributed by atoms with Crippen LogP contribution in [0.3, 0.4) is 0 Å². The maximum Gasteiger partial charge on any atom is 0.261 e. The fourth-order valence-corrected chi connectivity index (χ4v) is 3.60. The average Bonchev–Trinajstić information content (AvgIpc) is 3.39. The molecule has 0 saturated carbocycles. The zero-order valence-electron chi connectivity index (χ0n) is 17.2. The van der Waals surface area contributed by atoms with Crippen molar-refractivity contribution in [2.75, 3.05) is 16.4 Å². The van der Waals surface area contributed by atoms with Gasteiger partial charge in [-0.1, -0.05) is 17.3 Å². The number of fused-ring (bicyclic) bond motifs is 1. The Labute approximate surface area is 185 Å². The molecular weight excluding hydrogens is 434 g/mol. The van der Waals surface area contributed by atoms with E-state index in [0.717, 1.165) is 0 Å². The predicted molar refractivity (Wildman–Crippen MR) is 120 cm³/mol. The molecule has 0 fully saturated rings. The van der Waals surface area contributed by atoms with Crippen LogP contribution in [0.2, 0.25) is 0 Å². The van der Waals surface area contributed by atoms with Crippen LogP contribution in [0.5, 0.6) is 0 Å². The number of hydrogen-bond donors (Lipinski definition) is 3. The topological polar surface area (TPSA) is 148 Å². The molecule has 0 saturated heterocycles. The summed E-state index contributed by atoms with van der Waals surface area (Å²) >= 11 is 1.18. The molecule has 1 aromatic carbocycles. The van der Waals surface area contributed by atoms with Crippen LogP contribution in [0, 0.1) is 6.92 Å². The number of H-pyrrole nitrogens is 1. The van der Waals surface area contributed by atoms with Gasteiger partial charge in [0.1, 0.15) is 11.1 Å². The van der Waals surface area contributed by atoms with Gasteiger partial charge in [0.05, 0.1) is 34.9 Å². The number of aromatic nitrogens is 5. The van der Waals surface area contributed by atoms with E-state index >= 15 is 0 Å². The number of amides is 2. The molecule has 0 aliphatic carbocycles. The number of carbonyl (C=O) groups excluding carboxylic acids is 2. The van der Waals surface area contributed by atoms with Gasteiger partial charge in [0, 0.05) is 6.07 Å². The first kappa shape index (κ1) is 21.3. The summed E-state index contributed by atoms with van der Waals surface area (Å²) in [6, 6.07) is 8.66. The minimum atomic E-state index is -0.487. The van der Waals surface area contributed by atoms with Crippen molar-refractivity contribution < 1.29 is 14.1 Å². The zero-order chi connectivity index (χ0) is 22.7. The van der Waals surface area contributed by atoms with Crippen LogP contribution in [0.1, 0.15) is 12.7 Å². The fraction of sp³-hybridized carbons (Fsp3) is 0.200. The highest BCUT2D eigenvalue weighted by Crippen LogP contribution is 2.23. The number of anilines is 2. The van der Waals surface area contributed by atoms with E-state index in [-0.39, 0.29) is 23.1 Å². The van der Waals surface area contributed by atoms with Crippen molar-refractivity contribution in [1.82, 2.24) is 24.9 Å². The minimum Gasteiger partial charge on any atom is -0.360 e. The summed E-state index contributed by atoms with van der Waals surface area (Å²) in [5, 5.41) is 13.3. The molecule has 0 aliphatic heterocycles. The molecule has 0 radical (unpaired) electrons. The van der Waals surface area contributed by atoms with Crippen molar-refractivity contribution >= 4 is 46.1 Å². The van der Waals surface area contributed by atoms with Crippen molar-refractivity contribution in [3.8, 4) is 5.69 Å². The molecule has 0 aliphatic rings. The van der Waals surface area contributed by atoms with Gasteiger partial charge in [-0.15, -0.1) is 11.8 Å². The van der Waals surface area contributed by atoms with E-state index in [2.05, 4.69) is 30.9 Å². The van der Waals surface area contributed by atoms with Crippen LogP contribution in [-0.2, 0) is 9.59 Å². The zero-order valence-corrected chi connectivity index (χ0v) is 18.0. The Kier molecular flexibility index (Phi) is 6.03. The standard InChI is InChI=1S/C20H19N7O4S/c1-11-7-16(26-31-11)25-19(29)12(2)32-9-17(28)24-14-5-3-4-6-15(14)27-18-13(8-23-27)20(30)22-10-21-18/h3-8,10,12H,9H2,1-2H3,(H,24,28)(H,21,22,30)(H,25,26,29). The molecule has 4 aromatic rings. The number of carbonyl (C=O) groups is 2. The van der Waals surface area contributed by atoms with E-state index in [1.807, 2.05) is 0 Å². The Bertz CT molecular complexity index is 1340. The highest BCUT2D eigenvalue weighted by molar-refractivity contribution is 8.01. The summed E-state index contributed by atoms with van der Waals surface area (Å²) in [5.74, 6) is 0.400. The summed E-state index contributed by atoms with van der Waals surface area (Å²) in [6.45, 7) is 3.43. The maximum absolute atomic E-state index is 12.5. The Morgan fingerprint density at radius 3 is 2.88 bits per heavy atom. The molecule has 3 heterocycles. The predicted octanol–water partition coefficient (Wildman–Crippen LogP) is 2.10. The van der Waals surface area contributed by atoms with Crippen LogP contribution in [-0.4, -0.2) is 47.7 Å². The molecule has 0 bridgehead atoms. The molecule has 1 atom stereocenters. The first-order valence-corrected chi connectivity index (χ1v) is 10.6. The van der Waals surface area contributed by atoms with Gasteiger partial charge in [-0.05, 0) is 26.0 Å². The molecule has 164 valence electrons. The molecule has 32 heavy (non-hydrogen) atoms. The van der Waals surface area contributed by atoms with Crippen molar-refractivity contribution in [1.29, 1.82) is 0 Å². The number of aromatic amines is 1. The third-order valence-corrected chi connectivity index (χ3v) is 5.63. The second-order valence-electron chi connectivity index (χ2n) is 6.86. The lowest BCUT2D eigenvalue weighted by Crippen LogP contribution is -2.25. The highest BCUT2D eigenvalue weighted by atomic mass is 32.2. The number of nitrogens with one attached hydrogen (secondary N) is 3. The Hall–Kier alpha value is -3.93. The van der Waals surface area contributed by atoms with Gasteiger partial charge in [-0.2, -0.15) is 5.10 Å². The molecule has 4 rings (SSSR count). The smallest absolute Gasteiger partial charge is 0.261 e. The van der Waals surface area contributed by atoms with E-state index in [4.69, 9.17) is 4.52 Å². The lowest BCUT2D eigenvalue weighted by Gasteiger charge is -2.13. The minimum absolute atomic E-state index is 0.0541. The first-order valence-electron chi connectivity index (χ1n) is 9.59. The quantitative estimate of drug-likeness (QED) is 0.385. The van der Waals surface area contributed by atoms with Crippen LogP contribution in [0.4, 0.5) is 11.5 Å². The molecule has 3 aromatic heterocycles. The Morgan fingerprint density at radius 1 is 1.28 bits per heavy atom. The molecule has 2 amide bonds. The number of nitrogens with zero attached hydrogens (tertiary/aromatic N) is 4. The third kappa shape index (κ3) is 4.54. The van der Waals surface area contributed by atoms with Crippen molar-refractivity contribution in [2.24, 2.45) is 0 Å². The third-order valence-electron chi connectivity index (χ3n) is 4.49. The average molecular weight is 453 g/mol. The van der Waals surface area contributed by atoms with Crippen molar-refractivity contribution in [3.63, 3.8) is 0 Å².